The predicted octanol–water partition coefficient (Wildman–Crippen LogP) is 4.49. The molecular formula is C21H17NO4. The number of rotatable bonds is 4. The van der Waals surface area contributed by atoms with Crippen LogP contribution in [0.25, 0.3) is 0 Å². The maximum absolute atomic E-state index is 12.7. The summed E-state index contributed by atoms with van der Waals surface area (Å²) in [5.41, 5.74) is 3.34. The molecule has 1 aliphatic heterocycles. The first-order valence-electron chi connectivity index (χ1n) is 8.36. The molecule has 0 saturated heterocycles. The number of benzene rings is 2. The number of aryl methyl sites for hydroxylation is 1. The first kappa shape index (κ1) is 16.3. The van der Waals surface area contributed by atoms with E-state index in [1.807, 2.05) is 37.3 Å². The maximum Gasteiger partial charge on any atom is 0.285 e. The van der Waals surface area contributed by atoms with Gasteiger partial charge in [-0.05, 0) is 19.1 Å². The van der Waals surface area contributed by atoms with Crippen molar-refractivity contribution in [2.45, 2.75) is 19.4 Å². The van der Waals surface area contributed by atoms with Crippen LogP contribution in [0.4, 0.5) is 5.69 Å². The van der Waals surface area contributed by atoms with Crippen LogP contribution in [-0.4, -0.2) is 11.7 Å². The summed E-state index contributed by atoms with van der Waals surface area (Å²) in [7, 11) is 0. The van der Waals surface area contributed by atoms with Gasteiger partial charge in [-0.2, -0.15) is 5.06 Å². The van der Waals surface area contributed by atoms with E-state index in [-0.39, 0.29) is 18.1 Å². The minimum absolute atomic E-state index is 0.0514. The van der Waals surface area contributed by atoms with Crippen molar-refractivity contribution in [1.29, 1.82) is 0 Å². The lowest BCUT2D eigenvalue weighted by Gasteiger charge is -2.31. The zero-order chi connectivity index (χ0) is 18.1. The number of para-hydroxylation sites is 1. The van der Waals surface area contributed by atoms with Gasteiger partial charge in [0.15, 0.2) is 5.78 Å². The summed E-state index contributed by atoms with van der Waals surface area (Å²) in [6.07, 6.45) is 2.41. The Hall–Kier alpha value is -3.18. The summed E-state index contributed by atoms with van der Waals surface area (Å²) in [6, 6.07) is 16.5. The topological polar surface area (TPSA) is 59.8 Å². The fourth-order valence-electron chi connectivity index (χ4n) is 2.99. The summed E-state index contributed by atoms with van der Waals surface area (Å²) in [5, 5.41) is 1.23. The fourth-order valence-corrected chi connectivity index (χ4v) is 2.99. The Bertz CT molecular complexity index is 944. The molecule has 4 rings (SSSR count). The largest absolute Gasteiger partial charge is 0.471 e. The molecule has 1 amide bonds. The molecule has 1 atom stereocenters. The highest BCUT2D eigenvalue weighted by molar-refractivity contribution is 6.06. The second-order valence-electron chi connectivity index (χ2n) is 6.26. The van der Waals surface area contributed by atoms with Crippen molar-refractivity contribution in [3.05, 3.63) is 89.4 Å². The molecule has 130 valence electrons. The molecule has 0 N–H and O–H groups in total. The minimum Gasteiger partial charge on any atom is -0.471 e. The highest BCUT2D eigenvalue weighted by atomic mass is 16.7. The van der Waals surface area contributed by atoms with Crippen LogP contribution in [-0.2, 0) is 4.84 Å². The number of Topliss-reactive ketones (excluding diaryl/α,β-unsaturated/α-hetero) is 1. The van der Waals surface area contributed by atoms with Crippen LogP contribution in [0.3, 0.4) is 0 Å². The van der Waals surface area contributed by atoms with Gasteiger partial charge in [-0.1, -0.05) is 48.0 Å². The van der Waals surface area contributed by atoms with Crippen LogP contribution >= 0.6 is 0 Å². The Balaban J connectivity index is 1.63. The van der Waals surface area contributed by atoms with E-state index in [0.29, 0.717) is 22.4 Å². The molecule has 3 aromatic rings. The summed E-state index contributed by atoms with van der Waals surface area (Å²) in [5.74, 6) is -0.358. The molecule has 1 aromatic heterocycles. The number of ketones is 1. The third-order valence-electron chi connectivity index (χ3n) is 4.42. The lowest BCUT2D eigenvalue weighted by molar-refractivity contribution is 0.0149. The number of amides is 1. The molecule has 0 radical (unpaired) electrons. The average molecular weight is 347 g/mol. The fraction of sp³-hybridized carbons (Fsp3) is 0.143. The van der Waals surface area contributed by atoms with Gasteiger partial charge in [0.05, 0.1) is 17.5 Å². The second-order valence-corrected chi connectivity index (χ2v) is 6.26. The van der Waals surface area contributed by atoms with E-state index in [9.17, 15) is 9.59 Å². The first-order valence-corrected chi connectivity index (χ1v) is 8.36. The molecule has 1 unspecified atom stereocenters. The lowest BCUT2D eigenvalue weighted by Crippen LogP contribution is -2.38. The second kappa shape index (κ2) is 6.61. The highest BCUT2D eigenvalue weighted by Crippen LogP contribution is 2.36. The van der Waals surface area contributed by atoms with Crippen LogP contribution in [0.15, 0.2) is 71.5 Å². The molecule has 0 spiro atoms. The van der Waals surface area contributed by atoms with Crippen molar-refractivity contribution < 1.29 is 18.8 Å². The molecule has 1 aliphatic rings. The quantitative estimate of drug-likeness (QED) is 0.652. The van der Waals surface area contributed by atoms with E-state index in [1.54, 1.807) is 24.3 Å². The molecular weight excluding hydrogens is 330 g/mol. The minimum atomic E-state index is -0.588. The van der Waals surface area contributed by atoms with Gasteiger partial charge in [0.1, 0.15) is 12.4 Å². The van der Waals surface area contributed by atoms with Gasteiger partial charge >= 0.3 is 0 Å². The molecule has 0 saturated carbocycles. The smallest absolute Gasteiger partial charge is 0.285 e. The molecule has 0 aliphatic carbocycles. The van der Waals surface area contributed by atoms with Crippen LogP contribution in [0.1, 0.15) is 44.4 Å². The third-order valence-corrected chi connectivity index (χ3v) is 4.42. The van der Waals surface area contributed by atoms with Crippen LogP contribution < -0.4 is 5.06 Å². The highest BCUT2D eigenvalue weighted by Gasteiger charge is 2.36. The number of fused-ring (bicyclic) bond motifs is 1. The predicted molar refractivity (Wildman–Crippen MR) is 95.9 cm³/mol. The number of hydrogen-bond acceptors (Lipinski definition) is 4. The Morgan fingerprint density at radius 1 is 1.04 bits per heavy atom. The summed E-state index contributed by atoms with van der Waals surface area (Å²) in [4.78, 5) is 31.2. The van der Waals surface area contributed by atoms with Crippen molar-refractivity contribution >= 4 is 17.4 Å². The number of carbonyl (C=O) groups excluding carboxylic acids is 2. The van der Waals surface area contributed by atoms with E-state index in [2.05, 4.69) is 0 Å². The van der Waals surface area contributed by atoms with Crippen molar-refractivity contribution in [2.24, 2.45) is 0 Å². The number of anilines is 1. The van der Waals surface area contributed by atoms with Crippen LogP contribution in [0, 0.1) is 6.92 Å². The zero-order valence-corrected chi connectivity index (χ0v) is 14.2. The van der Waals surface area contributed by atoms with Gasteiger partial charge in [0.2, 0.25) is 0 Å². The Morgan fingerprint density at radius 2 is 1.77 bits per heavy atom. The van der Waals surface area contributed by atoms with E-state index in [0.717, 1.165) is 5.56 Å². The standard InChI is InChI=1S/C21H17NO4/c1-14-7-9-15(10-8-14)19(23)11-20-17-12-25-13-18(17)21(24)22(26-20)16-5-3-2-4-6-16/h2-10,12-13,20H,11H2,1H3. The van der Waals surface area contributed by atoms with Crippen molar-refractivity contribution in [2.75, 3.05) is 5.06 Å². The average Bonchev–Trinajstić information content (AvgIpc) is 3.16. The first-order chi connectivity index (χ1) is 12.6. The lowest BCUT2D eigenvalue weighted by atomic mass is 9.97. The number of hydrogen-bond donors (Lipinski definition) is 0. The normalized spacial score (nSPS) is 16.4. The maximum atomic E-state index is 12.7. The van der Waals surface area contributed by atoms with E-state index >= 15 is 0 Å². The summed E-state index contributed by atoms with van der Waals surface area (Å²) in [6.45, 7) is 1.97. The van der Waals surface area contributed by atoms with Crippen molar-refractivity contribution in [3.8, 4) is 0 Å². The molecule has 5 nitrogen and oxygen atoms in total. The van der Waals surface area contributed by atoms with E-state index in [4.69, 9.17) is 9.25 Å². The molecule has 5 heteroatoms. The SMILES string of the molecule is Cc1ccc(C(=O)CC2ON(c3ccccc3)C(=O)c3cocc32)cc1. The molecule has 0 fully saturated rings. The number of hydroxylamine groups is 1. The van der Waals surface area contributed by atoms with Crippen LogP contribution in [0.2, 0.25) is 0 Å². The van der Waals surface area contributed by atoms with Crippen molar-refractivity contribution in [1.82, 2.24) is 0 Å². The Kier molecular flexibility index (Phi) is 4.14. The van der Waals surface area contributed by atoms with E-state index < -0.39 is 6.10 Å². The summed E-state index contributed by atoms with van der Waals surface area (Å²) >= 11 is 0. The molecule has 26 heavy (non-hydrogen) atoms. The number of nitrogens with zero attached hydrogens (tertiary/aromatic N) is 1. The van der Waals surface area contributed by atoms with Gasteiger partial charge in [0, 0.05) is 17.5 Å². The molecule has 2 aromatic carbocycles. The third kappa shape index (κ3) is 2.93. The van der Waals surface area contributed by atoms with Gasteiger partial charge in [0.25, 0.3) is 5.91 Å². The number of furan rings is 1. The van der Waals surface area contributed by atoms with Gasteiger partial charge in [-0.15, -0.1) is 0 Å². The number of carbonyl (C=O) groups is 2. The molecule has 0 bridgehead atoms. The Labute approximate surface area is 150 Å². The van der Waals surface area contributed by atoms with E-state index in [1.165, 1.54) is 17.6 Å². The van der Waals surface area contributed by atoms with Crippen LogP contribution in [0.5, 0.6) is 0 Å². The molecule has 2 heterocycles. The zero-order valence-electron chi connectivity index (χ0n) is 14.2. The Morgan fingerprint density at radius 3 is 2.50 bits per heavy atom. The van der Waals surface area contributed by atoms with Crippen molar-refractivity contribution in [3.63, 3.8) is 0 Å². The summed E-state index contributed by atoms with van der Waals surface area (Å²) < 4.78 is 5.22. The van der Waals surface area contributed by atoms with Gasteiger partial charge in [-0.3, -0.25) is 14.4 Å². The monoisotopic (exact) mass is 347 g/mol. The van der Waals surface area contributed by atoms with Gasteiger partial charge in [-0.25, -0.2) is 0 Å². The van der Waals surface area contributed by atoms with Gasteiger partial charge < -0.3 is 4.42 Å².